The second-order valence-electron chi connectivity index (χ2n) is 3.56. The number of ether oxygens (including phenoxy) is 1. The highest BCUT2D eigenvalue weighted by atomic mass is 32.2. The third-order valence-electron chi connectivity index (χ3n) is 2.57. The van der Waals surface area contributed by atoms with Crippen LogP contribution >= 0.6 is 34.0 Å². The molecule has 0 radical (unpaired) electrons. The first-order valence-corrected chi connectivity index (χ1v) is 7.50. The number of aliphatic imine (C=N–C) groups is 1. The first-order valence-electron chi connectivity index (χ1n) is 4.99. The van der Waals surface area contributed by atoms with E-state index < -0.39 is 0 Å². The lowest BCUT2D eigenvalue weighted by atomic mass is 10.4. The van der Waals surface area contributed by atoms with Gasteiger partial charge in [-0.15, -0.1) is 34.0 Å². The van der Waals surface area contributed by atoms with Crippen LogP contribution in [0.15, 0.2) is 22.5 Å². The average molecular weight is 265 g/mol. The summed E-state index contributed by atoms with van der Waals surface area (Å²) in [4.78, 5) is 5.53. The van der Waals surface area contributed by atoms with E-state index in [1.165, 1.54) is 23.7 Å². The van der Waals surface area contributed by atoms with Crippen LogP contribution in [-0.4, -0.2) is 19.0 Å². The summed E-state index contributed by atoms with van der Waals surface area (Å²) < 4.78 is 9.66. The van der Waals surface area contributed by atoms with Crippen molar-refractivity contribution in [3.05, 3.63) is 22.4 Å². The maximum atomic E-state index is 5.50. The fourth-order valence-electron chi connectivity index (χ4n) is 1.87. The molecule has 0 amide bonds. The lowest BCUT2D eigenvalue weighted by Gasteiger charge is -1.94. The van der Waals surface area contributed by atoms with Crippen LogP contribution in [0, 0.1) is 0 Å². The van der Waals surface area contributed by atoms with Gasteiger partial charge in [0.05, 0.1) is 20.1 Å². The van der Waals surface area contributed by atoms with Crippen molar-refractivity contribution in [3.63, 3.8) is 0 Å². The summed E-state index contributed by atoms with van der Waals surface area (Å²) in [6.07, 6.45) is 0. The topological polar surface area (TPSA) is 21.6 Å². The SMILES string of the molecule is c1cc2c(s1)sc1cc(C3=NCCO3)sc12. The summed E-state index contributed by atoms with van der Waals surface area (Å²) in [5.74, 6) is 0.830. The molecular formula is C11H7NOS3. The van der Waals surface area contributed by atoms with Crippen molar-refractivity contribution >= 4 is 58.7 Å². The van der Waals surface area contributed by atoms with Gasteiger partial charge in [-0.05, 0) is 17.5 Å². The second-order valence-corrected chi connectivity index (χ2v) is 6.84. The number of thiophene rings is 3. The molecule has 1 aliphatic heterocycles. The fourth-order valence-corrected chi connectivity index (χ4v) is 5.48. The summed E-state index contributed by atoms with van der Waals surface area (Å²) in [5, 5.41) is 3.55. The van der Waals surface area contributed by atoms with Crippen LogP contribution in [0.25, 0.3) is 18.8 Å². The first-order chi connectivity index (χ1) is 7.92. The van der Waals surface area contributed by atoms with Crippen LogP contribution in [0.5, 0.6) is 0 Å². The minimum atomic E-state index is 0.731. The molecule has 0 aliphatic carbocycles. The van der Waals surface area contributed by atoms with Crippen molar-refractivity contribution in [2.45, 2.75) is 0 Å². The molecule has 4 rings (SSSR count). The zero-order valence-corrected chi connectivity index (χ0v) is 10.7. The zero-order chi connectivity index (χ0) is 10.5. The van der Waals surface area contributed by atoms with Crippen molar-refractivity contribution in [1.82, 2.24) is 0 Å². The molecule has 0 spiro atoms. The van der Waals surface area contributed by atoms with Crippen LogP contribution in [0.1, 0.15) is 4.88 Å². The Morgan fingerprint density at radius 3 is 3.19 bits per heavy atom. The van der Waals surface area contributed by atoms with Crippen LogP contribution < -0.4 is 0 Å². The molecule has 4 heterocycles. The van der Waals surface area contributed by atoms with E-state index in [4.69, 9.17) is 4.74 Å². The Balaban J connectivity index is 1.98. The van der Waals surface area contributed by atoms with Crippen LogP contribution in [-0.2, 0) is 4.74 Å². The van der Waals surface area contributed by atoms with Crippen LogP contribution in [0.4, 0.5) is 0 Å². The first kappa shape index (κ1) is 9.15. The standard InChI is InChI=1S/C11H7NOS3/c1-4-14-11-6(1)9-7(16-11)5-8(15-9)10-12-2-3-13-10/h1,4-5H,2-3H2. The van der Waals surface area contributed by atoms with Gasteiger partial charge in [0.15, 0.2) is 0 Å². The number of rotatable bonds is 1. The Kier molecular flexibility index (Phi) is 1.88. The average Bonchev–Trinajstić information content (AvgIpc) is 2.98. The van der Waals surface area contributed by atoms with Crippen LogP contribution in [0.3, 0.4) is 0 Å². The van der Waals surface area contributed by atoms with Gasteiger partial charge in [-0.3, -0.25) is 0 Å². The summed E-state index contributed by atoms with van der Waals surface area (Å²) in [6, 6.07) is 4.41. The molecule has 16 heavy (non-hydrogen) atoms. The van der Waals surface area contributed by atoms with E-state index in [1.807, 2.05) is 22.7 Å². The van der Waals surface area contributed by atoms with Gasteiger partial charge in [-0.2, -0.15) is 0 Å². The molecule has 1 aliphatic rings. The third-order valence-corrected chi connectivity index (χ3v) is 6.05. The maximum Gasteiger partial charge on any atom is 0.226 e. The van der Waals surface area contributed by atoms with Gasteiger partial charge in [-0.1, -0.05) is 0 Å². The lowest BCUT2D eigenvalue weighted by Crippen LogP contribution is -1.97. The molecule has 5 heteroatoms. The Morgan fingerprint density at radius 2 is 2.31 bits per heavy atom. The highest BCUT2D eigenvalue weighted by Crippen LogP contribution is 2.42. The Hall–Kier alpha value is -0.910. The van der Waals surface area contributed by atoms with Gasteiger partial charge < -0.3 is 4.74 Å². The van der Waals surface area contributed by atoms with Crippen molar-refractivity contribution in [2.75, 3.05) is 13.2 Å². The highest BCUT2D eigenvalue weighted by Gasteiger charge is 2.16. The maximum absolute atomic E-state index is 5.50. The molecule has 0 fully saturated rings. The molecule has 0 aromatic carbocycles. The largest absolute Gasteiger partial charge is 0.475 e. The highest BCUT2D eigenvalue weighted by molar-refractivity contribution is 7.43. The molecular weight excluding hydrogens is 258 g/mol. The number of hydrogen-bond acceptors (Lipinski definition) is 5. The van der Waals surface area contributed by atoms with E-state index in [0.717, 1.165) is 19.0 Å². The molecule has 0 bridgehead atoms. The molecule has 0 saturated carbocycles. The third kappa shape index (κ3) is 1.19. The second kappa shape index (κ2) is 3.29. The Bertz CT molecular complexity index is 703. The molecule has 0 unspecified atom stereocenters. The number of hydrogen-bond donors (Lipinski definition) is 0. The van der Waals surface area contributed by atoms with Crippen molar-refractivity contribution < 1.29 is 4.74 Å². The van der Waals surface area contributed by atoms with Gasteiger partial charge in [0, 0.05) is 10.1 Å². The predicted octanol–water partition coefficient (Wildman–Crippen LogP) is 3.95. The molecule has 80 valence electrons. The molecule has 2 nitrogen and oxygen atoms in total. The minimum absolute atomic E-state index is 0.731. The predicted molar refractivity (Wildman–Crippen MR) is 72.4 cm³/mol. The van der Waals surface area contributed by atoms with E-state index >= 15 is 0 Å². The quantitative estimate of drug-likeness (QED) is 0.652. The van der Waals surface area contributed by atoms with Crippen molar-refractivity contribution in [3.8, 4) is 0 Å². The molecule has 3 aromatic heterocycles. The van der Waals surface area contributed by atoms with Gasteiger partial charge in [-0.25, -0.2) is 4.99 Å². The van der Waals surface area contributed by atoms with E-state index in [1.54, 1.807) is 11.3 Å². The van der Waals surface area contributed by atoms with Gasteiger partial charge in [0.1, 0.15) is 6.61 Å². The van der Waals surface area contributed by atoms with Crippen molar-refractivity contribution in [2.24, 2.45) is 4.99 Å². The molecule has 0 N–H and O–H groups in total. The number of fused-ring (bicyclic) bond motifs is 3. The van der Waals surface area contributed by atoms with Crippen molar-refractivity contribution in [1.29, 1.82) is 0 Å². The lowest BCUT2D eigenvalue weighted by molar-refractivity contribution is 0.349. The summed E-state index contributed by atoms with van der Waals surface area (Å²) in [7, 11) is 0. The zero-order valence-electron chi connectivity index (χ0n) is 8.23. The van der Waals surface area contributed by atoms with E-state index in [0.29, 0.717) is 0 Å². The van der Waals surface area contributed by atoms with E-state index in [9.17, 15) is 0 Å². The van der Waals surface area contributed by atoms with Crippen LogP contribution in [0.2, 0.25) is 0 Å². The summed E-state index contributed by atoms with van der Waals surface area (Å²) in [5.41, 5.74) is 0. The van der Waals surface area contributed by atoms with Gasteiger partial charge in [0.2, 0.25) is 5.90 Å². The monoisotopic (exact) mass is 265 g/mol. The van der Waals surface area contributed by atoms with E-state index in [-0.39, 0.29) is 0 Å². The fraction of sp³-hybridized carbons (Fsp3) is 0.182. The Morgan fingerprint density at radius 1 is 1.31 bits per heavy atom. The minimum Gasteiger partial charge on any atom is -0.475 e. The summed E-state index contributed by atoms with van der Waals surface area (Å²) >= 11 is 5.48. The number of nitrogens with zero attached hydrogens (tertiary/aromatic N) is 1. The molecule has 0 atom stereocenters. The molecule has 0 saturated heterocycles. The molecule has 3 aromatic rings. The van der Waals surface area contributed by atoms with Gasteiger partial charge >= 0.3 is 0 Å². The smallest absolute Gasteiger partial charge is 0.226 e. The summed E-state index contributed by atoms with van der Waals surface area (Å²) in [6.45, 7) is 1.53. The normalized spacial score (nSPS) is 15.9. The van der Waals surface area contributed by atoms with E-state index in [2.05, 4.69) is 22.5 Å². The Labute approximate surface area is 104 Å². The van der Waals surface area contributed by atoms with Gasteiger partial charge in [0.25, 0.3) is 0 Å².